The van der Waals surface area contributed by atoms with Gasteiger partial charge in [-0.25, -0.2) is 0 Å². The summed E-state index contributed by atoms with van der Waals surface area (Å²) >= 11 is 0. The summed E-state index contributed by atoms with van der Waals surface area (Å²) in [5, 5.41) is 10.1. The third-order valence-electron chi connectivity index (χ3n) is 11.0. The Morgan fingerprint density at radius 3 is 1.90 bits per heavy atom. The maximum atomic E-state index is 2.48. The highest BCUT2D eigenvalue weighted by Crippen LogP contribution is 2.51. The predicted octanol–water partition coefficient (Wildman–Crippen LogP) is 13.7. The van der Waals surface area contributed by atoms with Crippen molar-refractivity contribution in [2.75, 3.05) is 4.90 Å². The number of hydrogen-bond acceptors (Lipinski definition) is 1. The SMILES string of the molecule is CC1(C)c2ccccc2-c2cc(N(c3cccc(-c4ccc5ccccc5c4)c3)c3cc4ccc5ccccc5c4c4ccccc34)ccc21. The molecule has 10 rings (SSSR count). The second-order valence-corrected chi connectivity index (χ2v) is 14.2. The lowest BCUT2D eigenvalue weighted by Crippen LogP contribution is -2.15. The van der Waals surface area contributed by atoms with Crippen molar-refractivity contribution in [2.24, 2.45) is 0 Å². The third kappa shape index (κ3) is 4.33. The number of benzene rings is 9. The Morgan fingerprint density at radius 1 is 0.380 bits per heavy atom. The van der Waals surface area contributed by atoms with Crippen LogP contribution in [0.5, 0.6) is 0 Å². The summed E-state index contributed by atoms with van der Waals surface area (Å²) in [5.41, 5.74) is 11.2. The molecular formula is C49H35N. The smallest absolute Gasteiger partial charge is 0.0546 e. The number of hydrogen-bond donors (Lipinski definition) is 0. The Bertz CT molecular complexity index is 2800. The summed E-state index contributed by atoms with van der Waals surface area (Å²) in [5.74, 6) is 0. The molecule has 0 saturated heterocycles. The van der Waals surface area contributed by atoms with Gasteiger partial charge >= 0.3 is 0 Å². The van der Waals surface area contributed by atoms with Crippen molar-refractivity contribution < 1.29 is 0 Å². The van der Waals surface area contributed by atoms with Gasteiger partial charge in [0.05, 0.1) is 5.69 Å². The highest BCUT2D eigenvalue weighted by molar-refractivity contribution is 6.23. The van der Waals surface area contributed by atoms with Crippen molar-refractivity contribution in [2.45, 2.75) is 19.3 Å². The van der Waals surface area contributed by atoms with Crippen LogP contribution in [0.3, 0.4) is 0 Å². The molecule has 50 heavy (non-hydrogen) atoms. The van der Waals surface area contributed by atoms with Crippen LogP contribution in [0, 0.1) is 0 Å². The van der Waals surface area contributed by atoms with Gasteiger partial charge in [0, 0.05) is 22.2 Å². The fourth-order valence-electron chi connectivity index (χ4n) is 8.51. The van der Waals surface area contributed by atoms with Crippen LogP contribution in [-0.4, -0.2) is 0 Å². The van der Waals surface area contributed by atoms with E-state index in [4.69, 9.17) is 0 Å². The highest BCUT2D eigenvalue weighted by atomic mass is 15.1. The number of anilines is 3. The molecule has 0 amide bonds. The van der Waals surface area contributed by atoms with E-state index >= 15 is 0 Å². The van der Waals surface area contributed by atoms with Crippen molar-refractivity contribution in [3.05, 3.63) is 187 Å². The van der Waals surface area contributed by atoms with E-state index in [2.05, 4.69) is 195 Å². The molecule has 0 atom stereocenters. The zero-order valence-electron chi connectivity index (χ0n) is 28.2. The first-order valence-corrected chi connectivity index (χ1v) is 17.5. The summed E-state index contributed by atoms with van der Waals surface area (Å²) in [6.07, 6.45) is 0. The van der Waals surface area contributed by atoms with Crippen LogP contribution >= 0.6 is 0 Å². The minimum atomic E-state index is -0.0536. The average Bonchev–Trinajstić information content (AvgIpc) is 3.40. The molecule has 0 aromatic heterocycles. The summed E-state index contributed by atoms with van der Waals surface area (Å²) in [4.78, 5) is 2.48. The van der Waals surface area contributed by atoms with Crippen LogP contribution in [0.25, 0.3) is 65.3 Å². The van der Waals surface area contributed by atoms with Crippen molar-refractivity contribution in [3.8, 4) is 22.3 Å². The van der Waals surface area contributed by atoms with Gasteiger partial charge in [-0.05, 0) is 107 Å². The number of fused-ring (bicyclic) bond motifs is 9. The van der Waals surface area contributed by atoms with E-state index in [0.29, 0.717) is 0 Å². The first-order valence-electron chi connectivity index (χ1n) is 17.5. The Balaban J connectivity index is 1.25. The molecule has 0 fully saturated rings. The van der Waals surface area contributed by atoms with Crippen molar-refractivity contribution in [1.82, 2.24) is 0 Å². The Morgan fingerprint density at radius 2 is 1.02 bits per heavy atom. The van der Waals surface area contributed by atoms with E-state index in [-0.39, 0.29) is 5.41 Å². The predicted molar refractivity (Wildman–Crippen MR) is 214 cm³/mol. The lowest BCUT2D eigenvalue weighted by Gasteiger charge is -2.29. The zero-order chi connectivity index (χ0) is 33.4. The van der Waals surface area contributed by atoms with Crippen molar-refractivity contribution >= 4 is 60.2 Å². The second-order valence-electron chi connectivity index (χ2n) is 14.2. The van der Waals surface area contributed by atoms with E-state index in [0.717, 1.165) is 11.4 Å². The van der Waals surface area contributed by atoms with Crippen LogP contribution in [0.1, 0.15) is 25.0 Å². The van der Waals surface area contributed by atoms with Crippen LogP contribution in [0.4, 0.5) is 17.1 Å². The van der Waals surface area contributed by atoms with Crippen molar-refractivity contribution in [1.29, 1.82) is 0 Å². The van der Waals surface area contributed by atoms with E-state index in [1.165, 1.54) is 82.2 Å². The van der Waals surface area contributed by atoms with Crippen LogP contribution in [0.15, 0.2) is 176 Å². The van der Waals surface area contributed by atoms with Gasteiger partial charge in [-0.3, -0.25) is 0 Å². The first-order chi connectivity index (χ1) is 24.5. The standard InChI is InChI=1S/C49H35N/c1-49(2)45-21-10-9-18-41(45)44-31-39(26-27-46(44)49)50(38-16-11-15-35(29-38)36-24-22-32-12-3-4-14-34(32)28-36)47-30-37-25-23-33-13-5-6-17-40(33)48(37)43-20-8-7-19-42(43)47/h3-31H,1-2H3. The molecule has 0 heterocycles. The van der Waals surface area contributed by atoms with Gasteiger partial charge in [0.15, 0.2) is 0 Å². The van der Waals surface area contributed by atoms with Gasteiger partial charge in [-0.1, -0.05) is 153 Å². The Labute approximate surface area is 292 Å². The monoisotopic (exact) mass is 637 g/mol. The number of nitrogens with zero attached hydrogens (tertiary/aromatic N) is 1. The minimum absolute atomic E-state index is 0.0536. The maximum absolute atomic E-state index is 2.48. The molecule has 0 radical (unpaired) electrons. The third-order valence-corrected chi connectivity index (χ3v) is 11.0. The zero-order valence-corrected chi connectivity index (χ0v) is 28.2. The summed E-state index contributed by atoms with van der Waals surface area (Å²) < 4.78 is 0. The first kappa shape index (κ1) is 28.8. The van der Waals surface area contributed by atoms with E-state index in [1.807, 2.05) is 0 Å². The molecule has 1 aliphatic carbocycles. The Kier molecular flexibility index (Phi) is 6.29. The van der Waals surface area contributed by atoms with E-state index < -0.39 is 0 Å². The summed E-state index contributed by atoms with van der Waals surface area (Å²) in [6.45, 7) is 4.70. The second kappa shape index (κ2) is 10.9. The molecule has 0 spiro atoms. The fourth-order valence-corrected chi connectivity index (χ4v) is 8.51. The maximum Gasteiger partial charge on any atom is 0.0546 e. The highest BCUT2D eigenvalue weighted by Gasteiger charge is 2.35. The van der Waals surface area contributed by atoms with Gasteiger partial charge in [0.1, 0.15) is 0 Å². The van der Waals surface area contributed by atoms with Crippen LogP contribution < -0.4 is 4.90 Å². The summed E-state index contributed by atoms with van der Waals surface area (Å²) in [6, 6.07) is 65.1. The molecule has 9 aromatic carbocycles. The Hall–Kier alpha value is -6.18. The van der Waals surface area contributed by atoms with E-state index in [9.17, 15) is 0 Å². The average molecular weight is 638 g/mol. The molecule has 0 N–H and O–H groups in total. The largest absolute Gasteiger partial charge is 0.310 e. The van der Waals surface area contributed by atoms with Gasteiger partial charge in [0.2, 0.25) is 0 Å². The van der Waals surface area contributed by atoms with E-state index in [1.54, 1.807) is 0 Å². The molecule has 1 heteroatoms. The van der Waals surface area contributed by atoms with Crippen molar-refractivity contribution in [3.63, 3.8) is 0 Å². The molecule has 1 aliphatic rings. The molecule has 0 aliphatic heterocycles. The molecular weight excluding hydrogens is 603 g/mol. The van der Waals surface area contributed by atoms with Gasteiger partial charge in [-0.15, -0.1) is 0 Å². The van der Waals surface area contributed by atoms with Crippen LogP contribution in [-0.2, 0) is 5.41 Å². The molecule has 0 unspecified atom stereocenters. The lowest BCUT2D eigenvalue weighted by atomic mass is 9.82. The topological polar surface area (TPSA) is 3.24 Å². The molecule has 0 saturated carbocycles. The molecule has 1 nitrogen and oxygen atoms in total. The lowest BCUT2D eigenvalue weighted by molar-refractivity contribution is 0.660. The number of rotatable bonds is 4. The van der Waals surface area contributed by atoms with Gasteiger partial charge in [-0.2, -0.15) is 0 Å². The van der Waals surface area contributed by atoms with Crippen LogP contribution in [0.2, 0.25) is 0 Å². The quantitative estimate of drug-likeness (QED) is 0.174. The van der Waals surface area contributed by atoms with Gasteiger partial charge < -0.3 is 4.90 Å². The molecule has 9 aromatic rings. The fraction of sp³-hybridized carbons (Fsp3) is 0.0612. The molecule has 236 valence electrons. The summed E-state index contributed by atoms with van der Waals surface area (Å²) in [7, 11) is 0. The molecule has 0 bridgehead atoms. The van der Waals surface area contributed by atoms with Gasteiger partial charge in [0.25, 0.3) is 0 Å². The normalized spacial score (nSPS) is 13.2. The minimum Gasteiger partial charge on any atom is -0.310 e.